The van der Waals surface area contributed by atoms with E-state index < -0.39 is 6.10 Å². The molecule has 0 aromatic carbocycles. The predicted octanol–water partition coefficient (Wildman–Crippen LogP) is 17.7. The van der Waals surface area contributed by atoms with Crippen molar-refractivity contribution in [1.29, 1.82) is 0 Å². The summed E-state index contributed by atoms with van der Waals surface area (Å²) >= 11 is 0. The molecular formula is C55H106O6. The van der Waals surface area contributed by atoms with Gasteiger partial charge in [-0.05, 0) is 31.1 Å². The topological polar surface area (TPSA) is 78.9 Å². The number of rotatable bonds is 49. The molecule has 0 spiro atoms. The van der Waals surface area contributed by atoms with Gasteiger partial charge in [-0.15, -0.1) is 0 Å². The van der Waals surface area contributed by atoms with E-state index >= 15 is 0 Å². The minimum absolute atomic E-state index is 0.0634. The van der Waals surface area contributed by atoms with Crippen LogP contribution in [0.15, 0.2) is 0 Å². The van der Waals surface area contributed by atoms with Crippen molar-refractivity contribution in [3.05, 3.63) is 0 Å². The summed E-state index contributed by atoms with van der Waals surface area (Å²) in [7, 11) is 0. The van der Waals surface area contributed by atoms with Crippen molar-refractivity contribution in [3.63, 3.8) is 0 Å². The summed E-state index contributed by atoms with van der Waals surface area (Å²) < 4.78 is 16.8. The van der Waals surface area contributed by atoms with Gasteiger partial charge in [0.2, 0.25) is 0 Å². The molecule has 0 amide bonds. The lowest BCUT2D eigenvalue weighted by atomic mass is 10.0. The maximum Gasteiger partial charge on any atom is 0.306 e. The van der Waals surface area contributed by atoms with Crippen LogP contribution in [-0.4, -0.2) is 37.2 Å². The first-order chi connectivity index (χ1) is 29.7. The van der Waals surface area contributed by atoms with Gasteiger partial charge < -0.3 is 14.2 Å². The van der Waals surface area contributed by atoms with Crippen LogP contribution in [0.25, 0.3) is 0 Å². The zero-order chi connectivity index (χ0) is 44.7. The third kappa shape index (κ3) is 49.3. The number of ether oxygens (including phenoxy) is 3. The zero-order valence-corrected chi connectivity index (χ0v) is 41.8. The maximum absolute atomic E-state index is 12.8. The SMILES string of the molecule is CCCCCCCCCCCCCCCC(=O)O[C@H](COC(=O)CCCCCCCCCCCCCCCCCCC(C)C)COC(=O)CCCCCCCCCCC(C)C. The van der Waals surface area contributed by atoms with Gasteiger partial charge in [0.05, 0.1) is 0 Å². The molecule has 6 heteroatoms. The van der Waals surface area contributed by atoms with Crippen LogP contribution in [0.4, 0.5) is 0 Å². The highest BCUT2D eigenvalue weighted by atomic mass is 16.6. The molecule has 0 heterocycles. The van der Waals surface area contributed by atoms with Crippen molar-refractivity contribution in [2.24, 2.45) is 11.8 Å². The molecule has 0 aromatic heterocycles. The van der Waals surface area contributed by atoms with E-state index in [4.69, 9.17) is 14.2 Å². The second-order valence-corrected chi connectivity index (χ2v) is 19.8. The average Bonchev–Trinajstić information content (AvgIpc) is 3.23. The summed E-state index contributed by atoms with van der Waals surface area (Å²) in [4.78, 5) is 38.0. The second kappa shape index (κ2) is 47.9. The fraction of sp³-hybridized carbons (Fsp3) is 0.945. The van der Waals surface area contributed by atoms with E-state index in [2.05, 4.69) is 34.6 Å². The Morgan fingerprint density at radius 1 is 0.311 bits per heavy atom. The number of hydrogen-bond donors (Lipinski definition) is 0. The van der Waals surface area contributed by atoms with E-state index in [9.17, 15) is 14.4 Å². The van der Waals surface area contributed by atoms with Gasteiger partial charge in [-0.3, -0.25) is 14.4 Å². The molecule has 362 valence electrons. The first-order valence-corrected chi connectivity index (χ1v) is 27.2. The molecule has 0 saturated heterocycles. The zero-order valence-electron chi connectivity index (χ0n) is 41.8. The van der Waals surface area contributed by atoms with Crippen molar-refractivity contribution in [2.75, 3.05) is 13.2 Å². The Morgan fingerprint density at radius 3 is 0.803 bits per heavy atom. The number of esters is 3. The van der Waals surface area contributed by atoms with Gasteiger partial charge in [0, 0.05) is 19.3 Å². The number of carbonyl (C=O) groups excluding carboxylic acids is 3. The lowest BCUT2D eigenvalue weighted by molar-refractivity contribution is -0.167. The van der Waals surface area contributed by atoms with Gasteiger partial charge in [-0.1, -0.05) is 266 Å². The summed E-state index contributed by atoms with van der Waals surface area (Å²) in [5, 5.41) is 0. The van der Waals surface area contributed by atoms with Crippen LogP contribution in [-0.2, 0) is 28.6 Å². The molecule has 0 aliphatic carbocycles. The van der Waals surface area contributed by atoms with Gasteiger partial charge >= 0.3 is 17.9 Å². The normalized spacial score (nSPS) is 12.0. The van der Waals surface area contributed by atoms with E-state index in [0.29, 0.717) is 19.3 Å². The summed E-state index contributed by atoms with van der Waals surface area (Å²) in [6.07, 6.45) is 49.5. The van der Waals surface area contributed by atoms with Crippen LogP contribution in [0.1, 0.15) is 304 Å². The number of carbonyl (C=O) groups is 3. The molecule has 0 unspecified atom stereocenters. The van der Waals surface area contributed by atoms with Crippen molar-refractivity contribution < 1.29 is 28.6 Å². The Hall–Kier alpha value is -1.59. The molecule has 0 aromatic rings. The fourth-order valence-electron chi connectivity index (χ4n) is 8.34. The molecule has 6 nitrogen and oxygen atoms in total. The van der Waals surface area contributed by atoms with E-state index in [1.165, 1.54) is 193 Å². The first-order valence-electron chi connectivity index (χ1n) is 27.2. The second-order valence-electron chi connectivity index (χ2n) is 19.8. The molecule has 0 rings (SSSR count). The van der Waals surface area contributed by atoms with Crippen LogP contribution >= 0.6 is 0 Å². The highest BCUT2D eigenvalue weighted by Gasteiger charge is 2.19. The largest absolute Gasteiger partial charge is 0.462 e. The van der Waals surface area contributed by atoms with Crippen LogP contribution in [0.5, 0.6) is 0 Å². The first kappa shape index (κ1) is 59.4. The lowest BCUT2D eigenvalue weighted by Gasteiger charge is -2.18. The molecular weight excluding hydrogens is 757 g/mol. The smallest absolute Gasteiger partial charge is 0.306 e. The van der Waals surface area contributed by atoms with Crippen molar-refractivity contribution in [2.45, 2.75) is 310 Å². The third-order valence-corrected chi connectivity index (χ3v) is 12.5. The number of unbranched alkanes of at least 4 members (excludes halogenated alkanes) is 34. The van der Waals surface area contributed by atoms with Gasteiger partial charge in [-0.2, -0.15) is 0 Å². The third-order valence-electron chi connectivity index (χ3n) is 12.5. The highest BCUT2D eigenvalue weighted by Crippen LogP contribution is 2.18. The average molecular weight is 863 g/mol. The fourth-order valence-corrected chi connectivity index (χ4v) is 8.34. The monoisotopic (exact) mass is 863 g/mol. The maximum atomic E-state index is 12.8. The summed E-state index contributed by atoms with van der Waals surface area (Å²) in [5.74, 6) is 0.803. The highest BCUT2D eigenvalue weighted by molar-refractivity contribution is 5.71. The summed E-state index contributed by atoms with van der Waals surface area (Å²) in [6, 6.07) is 0. The molecule has 0 aliphatic heterocycles. The predicted molar refractivity (Wildman–Crippen MR) is 261 cm³/mol. The lowest BCUT2D eigenvalue weighted by Crippen LogP contribution is -2.30. The molecule has 0 aliphatic rings. The van der Waals surface area contributed by atoms with E-state index in [-0.39, 0.29) is 31.1 Å². The quantitative estimate of drug-likeness (QED) is 0.0344. The van der Waals surface area contributed by atoms with Crippen LogP contribution in [0.2, 0.25) is 0 Å². The molecule has 61 heavy (non-hydrogen) atoms. The van der Waals surface area contributed by atoms with E-state index in [1.54, 1.807) is 0 Å². The van der Waals surface area contributed by atoms with E-state index in [1.807, 2.05) is 0 Å². The van der Waals surface area contributed by atoms with Crippen LogP contribution in [0, 0.1) is 11.8 Å². The van der Waals surface area contributed by atoms with Gasteiger partial charge in [0.1, 0.15) is 13.2 Å². The van der Waals surface area contributed by atoms with Crippen LogP contribution in [0.3, 0.4) is 0 Å². The number of hydrogen-bond acceptors (Lipinski definition) is 6. The van der Waals surface area contributed by atoms with Crippen molar-refractivity contribution in [1.82, 2.24) is 0 Å². The van der Waals surface area contributed by atoms with Crippen molar-refractivity contribution in [3.8, 4) is 0 Å². The molecule has 0 radical (unpaired) electrons. The van der Waals surface area contributed by atoms with E-state index in [0.717, 1.165) is 69.6 Å². The molecule has 0 fully saturated rings. The molecule has 0 bridgehead atoms. The molecule has 0 N–H and O–H groups in total. The van der Waals surface area contributed by atoms with Gasteiger partial charge in [0.15, 0.2) is 6.10 Å². The minimum atomic E-state index is -0.762. The Balaban J connectivity index is 4.25. The molecule has 1 atom stereocenters. The Bertz CT molecular complexity index is 931. The Kier molecular flexibility index (Phi) is 46.6. The van der Waals surface area contributed by atoms with Crippen molar-refractivity contribution >= 4 is 17.9 Å². The minimum Gasteiger partial charge on any atom is -0.462 e. The Labute approximate surface area is 380 Å². The van der Waals surface area contributed by atoms with Crippen LogP contribution < -0.4 is 0 Å². The summed E-state index contributed by atoms with van der Waals surface area (Å²) in [6.45, 7) is 11.4. The molecule has 0 saturated carbocycles. The van der Waals surface area contributed by atoms with Gasteiger partial charge in [-0.25, -0.2) is 0 Å². The van der Waals surface area contributed by atoms with Gasteiger partial charge in [0.25, 0.3) is 0 Å². The summed E-state index contributed by atoms with van der Waals surface area (Å²) in [5.41, 5.74) is 0. The standard InChI is InChI=1S/C55H106O6/c1-6-7-8-9-10-11-12-17-22-25-32-37-42-47-55(58)61-52(49-60-54(57)46-41-36-31-27-26-29-34-39-44-51(4)5)48-59-53(56)45-40-35-30-24-21-19-16-14-13-15-18-20-23-28-33-38-43-50(2)3/h50-52H,6-49H2,1-5H3/t52-/m1/s1. The Morgan fingerprint density at radius 2 is 0.541 bits per heavy atom.